The predicted molar refractivity (Wildman–Crippen MR) is 92.7 cm³/mol. The molecule has 21 heavy (non-hydrogen) atoms. The van der Waals surface area contributed by atoms with Gasteiger partial charge in [0.15, 0.2) is 0 Å². The summed E-state index contributed by atoms with van der Waals surface area (Å²) in [6.45, 7) is 12.0. The maximum atomic E-state index is 3.85. The van der Waals surface area contributed by atoms with Gasteiger partial charge in [0.1, 0.15) is 0 Å². The summed E-state index contributed by atoms with van der Waals surface area (Å²) in [5.41, 5.74) is 0.887. The zero-order valence-corrected chi connectivity index (χ0v) is 15.2. The molecule has 2 fully saturated rings. The van der Waals surface area contributed by atoms with Crippen LogP contribution >= 0.6 is 0 Å². The second kappa shape index (κ2) is 7.00. The van der Waals surface area contributed by atoms with Crippen LogP contribution in [0.1, 0.15) is 79.1 Å². The van der Waals surface area contributed by atoms with Crippen LogP contribution in [0.25, 0.3) is 0 Å². The lowest BCUT2D eigenvalue weighted by Gasteiger charge is -2.43. The Morgan fingerprint density at radius 1 is 1.10 bits per heavy atom. The molecule has 2 nitrogen and oxygen atoms in total. The Kier molecular flexibility index (Phi) is 5.76. The van der Waals surface area contributed by atoms with Crippen molar-refractivity contribution in [1.29, 1.82) is 0 Å². The van der Waals surface area contributed by atoms with E-state index in [9.17, 15) is 0 Å². The molecule has 0 bridgehead atoms. The van der Waals surface area contributed by atoms with Crippen LogP contribution in [-0.2, 0) is 0 Å². The Bertz CT molecular complexity index is 306. The number of hydrogen-bond donors (Lipinski definition) is 1. The Balaban J connectivity index is 1.99. The van der Waals surface area contributed by atoms with Gasteiger partial charge in [-0.2, -0.15) is 0 Å². The Labute approximate surface area is 133 Å². The molecule has 0 heterocycles. The van der Waals surface area contributed by atoms with E-state index in [1.807, 2.05) is 0 Å². The molecule has 0 aromatic heterocycles. The molecule has 2 aliphatic carbocycles. The highest BCUT2D eigenvalue weighted by Crippen LogP contribution is 2.37. The highest BCUT2D eigenvalue weighted by Gasteiger charge is 2.36. The van der Waals surface area contributed by atoms with Gasteiger partial charge in [-0.15, -0.1) is 0 Å². The smallest absolute Gasteiger partial charge is 0.0113 e. The van der Waals surface area contributed by atoms with Gasteiger partial charge in [0, 0.05) is 25.2 Å². The van der Waals surface area contributed by atoms with Gasteiger partial charge >= 0.3 is 0 Å². The van der Waals surface area contributed by atoms with Crippen LogP contribution in [0.5, 0.6) is 0 Å². The summed E-state index contributed by atoms with van der Waals surface area (Å²) in [6, 6.07) is 1.48. The van der Waals surface area contributed by atoms with E-state index in [0.29, 0.717) is 16.9 Å². The second-order valence-electron chi connectivity index (χ2n) is 9.03. The molecule has 1 N–H and O–H groups in total. The Morgan fingerprint density at radius 2 is 1.67 bits per heavy atom. The quantitative estimate of drug-likeness (QED) is 0.728. The van der Waals surface area contributed by atoms with E-state index in [2.05, 4.69) is 45.0 Å². The lowest BCUT2D eigenvalue weighted by atomic mass is 9.78. The third-order valence-electron chi connectivity index (χ3n) is 6.01. The highest BCUT2D eigenvalue weighted by molar-refractivity contribution is 4.92. The second-order valence-corrected chi connectivity index (χ2v) is 9.03. The zero-order valence-electron chi connectivity index (χ0n) is 15.2. The first-order chi connectivity index (χ1) is 9.82. The van der Waals surface area contributed by atoms with E-state index >= 15 is 0 Å². The summed E-state index contributed by atoms with van der Waals surface area (Å²) < 4.78 is 0. The summed E-state index contributed by atoms with van der Waals surface area (Å²) in [7, 11) is 2.35. The van der Waals surface area contributed by atoms with Gasteiger partial charge in [-0.1, -0.05) is 46.5 Å². The van der Waals surface area contributed by atoms with Gasteiger partial charge in [0.05, 0.1) is 0 Å². The average molecular weight is 295 g/mol. The topological polar surface area (TPSA) is 15.3 Å². The zero-order chi connectivity index (χ0) is 15.5. The molecular formula is C19H38N2. The van der Waals surface area contributed by atoms with Crippen molar-refractivity contribution in [2.45, 2.75) is 91.1 Å². The molecule has 0 radical (unpaired) electrons. The molecule has 2 rings (SSSR count). The first-order valence-electron chi connectivity index (χ1n) is 9.26. The minimum Gasteiger partial charge on any atom is -0.313 e. The van der Waals surface area contributed by atoms with E-state index in [1.165, 1.54) is 64.5 Å². The fourth-order valence-electron chi connectivity index (χ4n) is 3.84. The van der Waals surface area contributed by atoms with Gasteiger partial charge in [-0.05, 0) is 50.5 Å². The molecule has 1 unspecified atom stereocenters. The molecule has 1 atom stereocenters. The van der Waals surface area contributed by atoms with Crippen molar-refractivity contribution in [2.75, 3.05) is 20.1 Å². The molecule has 0 amide bonds. The molecule has 2 aliphatic rings. The van der Waals surface area contributed by atoms with Crippen LogP contribution in [0.4, 0.5) is 0 Å². The number of hydrogen-bond acceptors (Lipinski definition) is 2. The molecule has 124 valence electrons. The van der Waals surface area contributed by atoms with Crippen molar-refractivity contribution in [3.8, 4) is 0 Å². The van der Waals surface area contributed by atoms with Crippen LogP contribution in [0, 0.1) is 10.8 Å². The third kappa shape index (κ3) is 5.25. The SMILES string of the molecule is CC(N(C)CC1(CNC2CC2)CCCCCC1)C(C)(C)C. The van der Waals surface area contributed by atoms with Crippen LogP contribution in [0.15, 0.2) is 0 Å². The van der Waals surface area contributed by atoms with Crippen molar-refractivity contribution in [1.82, 2.24) is 10.2 Å². The van der Waals surface area contributed by atoms with E-state index in [0.717, 1.165) is 6.04 Å². The highest BCUT2D eigenvalue weighted by atomic mass is 15.1. The molecule has 2 heteroatoms. The summed E-state index contributed by atoms with van der Waals surface area (Å²) in [5.74, 6) is 0. The van der Waals surface area contributed by atoms with Crippen molar-refractivity contribution in [3.63, 3.8) is 0 Å². The molecular weight excluding hydrogens is 256 g/mol. The van der Waals surface area contributed by atoms with Crippen molar-refractivity contribution >= 4 is 0 Å². The number of rotatable bonds is 6. The summed E-state index contributed by atoms with van der Waals surface area (Å²) in [5, 5.41) is 3.85. The molecule has 0 aromatic carbocycles. The Hall–Kier alpha value is -0.0800. The predicted octanol–water partition coefficient (Wildman–Crippen LogP) is 4.45. The van der Waals surface area contributed by atoms with Gasteiger partial charge < -0.3 is 10.2 Å². The first-order valence-corrected chi connectivity index (χ1v) is 9.26. The molecule has 0 aromatic rings. The van der Waals surface area contributed by atoms with Gasteiger partial charge in [-0.25, -0.2) is 0 Å². The van der Waals surface area contributed by atoms with Crippen LogP contribution in [0.2, 0.25) is 0 Å². The van der Waals surface area contributed by atoms with Crippen molar-refractivity contribution in [2.24, 2.45) is 10.8 Å². The van der Waals surface area contributed by atoms with E-state index in [-0.39, 0.29) is 0 Å². The fraction of sp³-hybridized carbons (Fsp3) is 1.00. The normalized spacial score (nSPS) is 24.9. The van der Waals surface area contributed by atoms with Crippen molar-refractivity contribution in [3.05, 3.63) is 0 Å². The molecule has 2 saturated carbocycles. The van der Waals surface area contributed by atoms with Gasteiger partial charge in [0.25, 0.3) is 0 Å². The monoisotopic (exact) mass is 294 g/mol. The van der Waals surface area contributed by atoms with E-state index in [4.69, 9.17) is 0 Å². The minimum absolute atomic E-state index is 0.366. The molecule has 0 spiro atoms. The van der Waals surface area contributed by atoms with Crippen LogP contribution in [-0.4, -0.2) is 37.1 Å². The Morgan fingerprint density at radius 3 is 2.14 bits per heavy atom. The fourth-order valence-corrected chi connectivity index (χ4v) is 3.84. The standard InChI is InChI=1S/C19H38N2/c1-16(18(2,3)4)21(5)15-19(14-20-17-10-11-17)12-8-6-7-9-13-19/h16-17,20H,6-15H2,1-5H3. The largest absolute Gasteiger partial charge is 0.313 e. The lowest BCUT2D eigenvalue weighted by molar-refractivity contribution is 0.0731. The van der Waals surface area contributed by atoms with E-state index < -0.39 is 0 Å². The number of nitrogens with zero attached hydrogens (tertiary/aromatic N) is 1. The van der Waals surface area contributed by atoms with Crippen LogP contribution < -0.4 is 5.32 Å². The summed E-state index contributed by atoms with van der Waals surface area (Å²) >= 11 is 0. The average Bonchev–Trinajstić information content (AvgIpc) is 3.22. The molecule has 0 saturated heterocycles. The van der Waals surface area contributed by atoms with Gasteiger partial charge in [-0.3, -0.25) is 0 Å². The maximum Gasteiger partial charge on any atom is 0.0113 e. The minimum atomic E-state index is 0.366. The van der Waals surface area contributed by atoms with E-state index in [1.54, 1.807) is 0 Å². The van der Waals surface area contributed by atoms with Gasteiger partial charge in [0.2, 0.25) is 0 Å². The maximum absolute atomic E-state index is 3.85. The van der Waals surface area contributed by atoms with Crippen LogP contribution in [0.3, 0.4) is 0 Å². The lowest BCUT2D eigenvalue weighted by Crippen LogP contribution is -2.48. The summed E-state index contributed by atoms with van der Waals surface area (Å²) in [4.78, 5) is 2.64. The first kappa shape index (κ1) is 17.3. The number of nitrogens with one attached hydrogen (secondary N) is 1. The third-order valence-corrected chi connectivity index (χ3v) is 6.01. The molecule has 0 aliphatic heterocycles. The van der Waals surface area contributed by atoms with Crippen molar-refractivity contribution < 1.29 is 0 Å². The summed E-state index contributed by atoms with van der Waals surface area (Å²) in [6.07, 6.45) is 11.4.